The zero-order valence-electron chi connectivity index (χ0n) is 11.6. The van der Waals surface area contributed by atoms with Crippen LogP contribution < -0.4 is 11.1 Å². The minimum atomic E-state index is -0.180. The molecule has 4 heteroatoms. The topological polar surface area (TPSA) is 74.7 Å². The summed E-state index contributed by atoms with van der Waals surface area (Å²) >= 11 is 0. The molecule has 0 spiro atoms. The number of nitrogens with zero attached hydrogens (tertiary/aromatic N) is 2. The molecule has 2 aromatic rings. The Morgan fingerprint density at radius 1 is 1.45 bits per heavy atom. The lowest BCUT2D eigenvalue weighted by atomic mass is 9.95. The summed E-state index contributed by atoms with van der Waals surface area (Å²) in [7, 11) is 0. The second-order valence-corrected chi connectivity index (χ2v) is 5.71. The van der Waals surface area contributed by atoms with E-state index in [1.165, 1.54) is 12.8 Å². The molecule has 1 unspecified atom stereocenters. The van der Waals surface area contributed by atoms with Crippen molar-refractivity contribution in [1.82, 2.24) is 4.98 Å². The molecule has 0 aliphatic heterocycles. The van der Waals surface area contributed by atoms with Crippen LogP contribution >= 0.6 is 0 Å². The average molecular weight is 266 g/mol. The molecular weight excluding hydrogens is 248 g/mol. The van der Waals surface area contributed by atoms with Crippen molar-refractivity contribution >= 4 is 16.7 Å². The quantitative estimate of drug-likeness (QED) is 0.892. The molecular formula is C16H18N4. The molecule has 3 N–H and O–H groups in total. The standard InChI is InChI=1S/C16H18N4/c1-16(10-18,13-6-7-13)20-15-12(9-17)8-11-4-2-3-5-14(11)19-15/h2-5,8,13H,6-7,10,18H2,1H3,(H,19,20). The third kappa shape index (κ3) is 2.21. The molecule has 0 saturated heterocycles. The fourth-order valence-corrected chi connectivity index (χ4v) is 2.61. The zero-order valence-corrected chi connectivity index (χ0v) is 11.6. The number of rotatable bonds is 4. The Bertz CT molecular complexity index is 684. The monoisotopic (exact) mass is 266 g/mol. The molecule has 1 aromatic carbocycles. The van der Waals surface area contributed by atoms with Crippen LogP contribution in [-0.4, -0.2) is 17.1 Å². The Balaban J connectivity index is 2.03. The highest BCUT2D eigenvalue weighted by Gasteiger charge is 2.41. The van der Waals surface area contributed by atoms with Gasteiger partial charge in [-0.05, 0) is 37.8 Å². The number of hydrogen-bond acceptors (Lipinski definition) is 4. The molecule has 1 aromatic heterocycles. The Morgan fingerprint density at radius 3 is 2.85 bits per heavy atom. The molecule has 20 heavy (non-hydrogen) atoms. The predicted octanol–water partition coefficient (Wildman–Crippen LogP) is 2.65. The molecule has 1 atom stereocenters. The van der Waals surface area contributed by atoms with Crippen molar-refractivity contribution in [3.8, 4) is 6.07 Å². The molecule has 0 amide bonds. The molecule has 1 saturated carbocycles. The highest BCUT2D eigenvalue weighted by molar-refractivity contribution is 5.82. The summed E-state index contributed by atoms with van der Waals surface area (Å²) in [6, 6.07) is 11.9. The molecule has 1 fully saturated rings. The third-order valence-electron chi connectivity index (χ3n) is 4.15. The van der Waals surface area contributed by atoms with Gasteiger partial charge in [0.05, 0.1) is 16.6 Å². The van der Waals surface area contributed by atoms with Crippen molar-refractivity contribution in [2.45, 2.75) is 25.3 Å². The first-order chi connectivity index (χ1) is 9.66. The first-order valence-electron chi connectivity index (χ1n) is 6.94. The van der Waals surface area contributed by atoms with E-state index in [0.29, 0.717) is 23.8 Å². The van der Waals surface area contributed by atoms with E-state index in [1.54, 1.807) is 0 Å². The highest BCUT2D eigenvalue weighted by Crippen LogP contribution is 2.41. The number of para-hydroxylation sites is 1. The lowest BCUT2D eigenvalue weighted by molar-refractivity contribution is 0.458. The van der Waals surface area contributed by atoms with Crippen molar-refractivity contribution in [3.63, 3.8) is 0 Å². The molecule has 4 nitrogen and oxygen atoms in total. The van der Waals surface area contributed by atoms with Crippen molar-refractivity contribution in [2.75, 3.05) is 11.9 Å². The summed E-state index contributed by atoms with van der Waals surface area (Å²) in [5.41, 5.74) is 7.21. The largest absolute Gasteiger partial charge is 0.362 e. The summed E-state index contributed by atoms with van der Waals surface area (Å²) < 4.78 is 0. The van der Waals surface area contributed by atoms with E-state index in [2.05, 4.69) is 23.3 Å². The van der Waals surface area contributed by atoms with Crippen molar-refractivity contribution in [2.24, 2.45) is 11.7 Å². The maximum absolute atomic E-state index is 9.34. The first kappa shape index (κ1) is 12.9. The molecule has 1 heterocycles. The van der Waals surface area contributed by atoms with Crippen LogP contribution in [0.4, 0.5) is 5.82 Å². The van der Waals surface area contributed by atoms with E-state index in [9.17, 15) is 5.26 Å². The van der Waals surface area contributed by atoms with Gasteiger partial charge >= 0.3 is 0 Å². The number of nitriles is 1. The van der Waals surface area contributed by atoms with E-state index >= 15 is 0 Å². The summed E-state index contributed by atoms with van der Waals surface area (Å²) in [4.78, 5) is 4.60. The van der Waals surface area contributed by atoms with Gasteiger partial charge in [0.2, 0.25) is 0 Å². The van der Waals surface area contributed by atoms with Crippen LogP contribution in [0.3, 0.4) is 0 Å². The molecule has 102 valence electrons. The van der Waals surface area contributed by atoms with Gasteiger partial charge in [-0.25, -0.2) is 4.98 Å². The molecule has 1 aliphatic carbocycles. The van der Waals surface area contributed by atoms with Gasteiger partial charge in [-0.3, -0.25) is 0 Å². The van der Waals surface area contributed by atoms with Crippen molar-refractivity contribution in [3.05, 3.63) is 35.9 Å². The van der Waals surface area contributed by atoms with Gasteiger partial charge in [-0.15, -0.1) is 0 Å². The van der Waals surface area contributed by atoms with Crippen LogP contribution in [0, 0.1) is 17.2 Å². The average Bonchev–Trinajstić information content (AvgIpc) is 3.31. The van der Waals surface area contributed by atoms with Crippen LogP contribution in [0.2, 0.25) is 0 Å². The summed E-state index contributed by atoms with van der Waals surface area (Å²) in [5.74, 6) is 1.22. The maximum atomic E-state index is 9.34. The Hall–Kier alpha value is -2.12. The first-order valence-corrected chi connectivity index (χ1v) is 6.94. The van der Waals surface area contributed by atoms with Gasteiger partial charge < -0.3 is 11.1 Å². The zero-order chi connectivity index (χ0) is 14.2. The lowest BCUT2D eigenvalue weighted by Crippen LogP contribution is -2.45. The number of benzene rings is 1. The van der Waals surface area contributed by atoms with Crippen molar-refractivity contribution < 1.29 is 0 Å². The van der Waals surface area contributed by atoms with E-state index < -0.39 is 0 Å². The maximum Gasteiger partial charge on any atom is 0.145 e. The van der Waals surface area contributed by atoms with Gasteiger partial charge in [0, 0.05) is 11.9 Å². The molecule has 3 rings (SSSR count). The van der Waals surface area contributed by atoms with Gasteiger partial charge in [0.1, 0.15) is 11.9 Å². The smallest absolute Gasteiger partial charge is 0.145 e. The SMILES string of the molecule is CC(CN)(Nc1nc2ccccc2cc1C#N)C1CC1. The summed E-state index contributed by atoms with van der Waals surface area (Å²) in [6.45, 7) is 2.65. The van der Waals surface area contributed by atoms with E-state index in [0.717, 1.165) is 10.9 Å². The van der Waals surface area contributed by atoms with Gasteiger partial charge in [-0.2, -0.15) is 5.26 Å². The fraction of sp³-hybridized carbons (Fsp3) is 0.375. The number of nitrogens with two attached hydrogens (primary N) is 1. The number of anilines is 1. The van der Waals surface area contributed by atoms with Crippen LogP contribution in [0.15, 0.2) is 30.3 Å². The minimum Gasteiger partial charge on any atom is -0.362 e. The Labute approximate surface area is 118 Å². The van der Waals surface area contributed by atoms with E-state index in [4.69, 9.17) is 5.73 Å². The van der Waals surface area contributed by atoms with Gasteiger partial charge in [-0.1, -0.05) is 18.2 Å². The van der Waals surface area contributed by atoms with Crippen LogP contribution in [-0.2, 0) is 0 Å². The number of pyridine rings is 1. The molecule has 0 bridgehead atoms. The third-order valence-corrected chi connectivity index (χ3v) is 4.15. The Morgan fingerprint density at radius 2 is 2.20 bits per heavy atom. The van der Waals surface area contributed by atoms with Gasteiger partial charge in [0.15, 0.2) is 0 Å². The van der Waals surface area contributed by atoms with E-state index in [-0.39, 0.29) is 5.54 Å². The molecule has 1 aliphatic rings. The molecule has 0 radical (unpaired) electrons. The van der Waals surface area contributed by atoms with Crippen LogP contribution in [0.5, 0.6) is 0 Å². The number of hydrogen-bond donors (Lipinski definition) is 2. The normalized spacial score (nSPS) is 17.4. The predicted molar refractivity (Wildman–Crippen MR) is 80.3 cm³/mol. The van der Waals surface area contributed by atoms with E-state index in [1.807, 2.05) is 30.3 Å². The highest BCUT2D eigenvalue weighted by atomic mass is 15.1. The van der Waals surface area contributed by atoms with Gasteiger partial charge in [0.25, 0.3) is 0 Å². The number of fused-ring (bicyclic) bond motifs is 1. The van der Waals surface area contributed by atoms with Crippen molar-refractivity contribution in [1.29, 1.82) is 5.26 Å². The lowest BCUT2D eigenvalue weighted by Gasteiger charge is -2.30. The number of aromatic nitrogens is 1. The Kier molecular flexibility index (Phi) is 3.07. The summed E-state index contributed by atoms with van der Waals surface area (Å²) in [5, 5.41) is 13.7. The second kappa shape index (κ2) is 4.77. The summed E-state index contributed by atoms with van der Waals surface area (Å²) in [6.07, 6.45) is 2.38. The number of nitrogens with one attached hydrogen (secondary N) is 1. The van der Waals surface area contributed by atoms with Crippen LogP contribution in [0.25, 0.3) is 10.9 Å². The minimum absolute atomic E-state index is 0.180. The second-order valence-electron chi connectivity index (χ2n) is 5.71. The fourth-order valence-electron chi connectivity index (χ4n) is 2.61. The van der Waals surface area contributed by atoms with Crippen LogP contribution in [0.1, 0.15) is 25.3 Å².